The van der Waals surface area contributed by atoms with Crippen LogP contribution in [0.25, 0.3) is 0 Å². The minimum atomic E-state index is -4.22. The highest BCUT2D eigenvalue weighted by molar-refractivity contribution is 7.84. The topological polar surface area (TPSA) is 76.8 Å². The van der Waals surface area contributed by atoms with Gasteiger partial charge in [-0.3, -0.25) is 4.79 Å². The molecular formula is C26H49NO5SSi. The van der Waals surface area contributed by atoms with Crippen LogP contribution < -0.4 is 5.38 Å². The Kier molecular flexibility index (Phi) is 13.7. The van der Waals surface area contributed by atoms with Gasteiger partial charge in [0.1, 0.15) is 8.07 Å². The number of carbonyl (C=O) groups is 1. The van der Waals surface area contributed by atoms with Gasteiger partial charge in [-0.2, -0.15) is 12.7 Å². The van der Waals surface area contributed by atoms with Crippen LogP contribution in [0, 0.1) is 0 Å². The van der Waals surface area contributed by atoms with Crippen LogP contribution >= 0.6 is 0 Å². The third-order valence-electron chi connectivity index (χ3n) is 7.43. The summed E-state index contributed by atoms with van der Waals surface area (Å²) in [5, 5.41) is 1.03. The number of unbranched alkanes of at least 4 members (excludes halogenated alkanes) is 7. The van der Waals surface area contributed by atoms with Crippen LogP contribution in [0.5, 0.6) is 0 Å². The van der Waals surface area contributed by atoms with E-state index in [0.717, 1.165) is 55.3 Å². The van der Waals surface area contributed by atoms with Crippen molar-refractivity contribution in [1.29, 1.82) is 0 Å². The molecular weight excluding hydrogens is 466 g/mol. The van der Waals surface area contributed by atoms with E-state index in [1.165, 1.54) is 42.8 Å². The van der Waals surface area contributed by atoms with Crippen molar-refractivity contribution >= 4 is 29.7 Å². The lowest BCUT2D eigenvalue weighted by molar-refractivity contribution is -0.131. The number of hydrogen-bond donors (Lipinski definition) is 0. The summed E-state index contributed by atoms with van der Waals surface area (Å²) in [6, 6.07) is 4.54. The first-order valence-corrected chi connectivity index (χ1v) is 17.4. The van der Waals surface area contributed by atoms with Crippen LogP contribution in [0.2, 0.25) is 18.1 Å². The number of hydrogen-bond acceptors (Lipinski definition) is 5. The van der Waals surface area contributed by atoms with Crippen LogP contribution in [0.3, 0.4) is 0 Å². The molecule has 1 aromatic heterocycles. The highest BCUT2D eigenvalue weighted by Crippen LogP contribution is 2.30. The first-order valence-electron chi connectivity index (χ1n) is 13.4. The SMILES string of the molecule is CCCCCCCCCCC(C)N(C(C)c1coc([Si](CC)(CC)CC)c1)S(=O)(=O)OC(C)=O. The van der Waals surface area contributed by atoms with E-state index in [2.05, 4.69) is 27.7 Å². The monoisotopic (exact) mass is 515 g/mol. The number of furan rings is 1. The molecule has 0 N–H and O–H groups in total. The molecule has 0 bridgehead atoms. The van der Waals surface area contributed by atoms with E-state index in [4.69, 9.17) is 8.60 Å². The quantitative estimate of drug-likeness (QED) is 0.154. The Labute approximate surface area is 210 Å². The van der Waals surface area contributed by atoms with Gasteiger partial charge >= 0.3 is 16.3 Å². The maximum atomic E-state index is 13.1. The third-order valence-corrected chi connectivity index (χ3v) is 14.4. The van der Waals surface area contributed by atoms with Crippen LogP contribution in [-0.4, -0.2) is 32.8 Å². The van der Waals surface area contributed by atoms with Gasteiger partial charge in [-0.25, -0.2) is 0 Å². The molecule has 1 aromatic rings. The predicted molar refractivity (Wildman–Crippen MR) is 143 cm³/mol. The standard InChI is InChI=1S/C26H49NO5SSi/c1-8-12-13-14-15-16-17-18-19-22(5)27(33(29,30)32-24(7)28)23(6)25-20-26(31-21-25)34(9-2,10-3)11-4/h20-23H,8-19H2,1-7H3. The summed E-state index contributed by atoms with van der Waals surface area (Å²) in [5.41, 5.74) is 0.820. The predicted octanol–water partition coefficient (Wildman–Crippen LogP) is 7.09. The molecule has 34 heavy (non-hydrogen) atoms. The molecule has 8 heteroatoms. The van der Waals surface area contributed by atoms with Gasteiger partial charge in [0.2, 0.25) is 0 Å². The van der Waals surface area contributed by atoms with E-state index in [0.29, 0.717) is 0 Å². The lowest BCUT2D eigenvalue weighted by Crippen LogP contribution is -2.45. The van der Waals surface area contributed by atoms with Gasteiger partial charge in [0, 0.05) is 18.5 Å². The largest absolute Gasteiger partial charge is 0.474 e. The zero-order chi connectivity index (χ0) is 25.8. The Morgan fingerprint density at radius 2 is 1.50 bits per heavy atom. The summed E-state index contributed by atoms with van der Waals surface area (Å²) < 4.78 is 38.3. The summed E-state index contributed by atoms with van der Waals surface area (Å²) in [6.45, 7) is 13.8. The lowest BCUT2D eigenvalue weighted by Gasteiger charge is -2.32. The molecule has 1 heterocycles. The van der Waals surface area contributed by atoms with Crippen molar-refractivity contribution in [2.45, 2.75) is 136 Å². The van der Waals surface area contributed by atoms with Crippen LogP contribution in [0.15, 0.2) is 16.7 Å². The molecule has 1 rings (SSSR count). The molecule has 198 valence electrons. The Hall–Kier alpha value is -1.12. The Bertz CT molecular complexity index is 811. The van der Waals surface area contributed by atoms with Gasteiger partial charge in [-0.15, -0.1) is 0 Å². The number of carbonyl (C=O) groups excluding carboxylic acids is 1. The Balaban J connectivity index is 2.98. The molecule has 0 aliphatic heterocycles. The summed E-state index contributed by atoms with van der Waals surface area (Å²) in [4.78, 5) is 11.6. The second-order valence-electron chi connectivity index (χ2n) is 9.74. The molecule has 0 fully saturated rings. The molecule has 6 nitrogen and oxygen atoms in total. The average Bonchev–Trinajstić information content (AvgIpc) is 3.27. The fraction of sp³-hybridized carbons (Fsp3) is 0.808. The second kappa shape index (κ2) is 15.1. The first kappa shape index (κ1) is 30.9. The van der Waals surface area contributed by atoms with E-state index in [9.17, 15) is 13.2 Å². The highest BCUT2D eigenvalue weighted by Gasteiger charge is 2.38. The van der Waals surface area contributed by atoms with Crippen molar-refractivity contribution in [3.63, 3.8) is 0 Å². The molecule has 0 saturated carbocycles. The summed E-state index contributed by atoms with van der Waals surface area (Å²) in [5.74, 6) is -0.821. The van der Waals surface area contributed by atoms with Crippen molar-refractivity contribution < 1.29 is 21.8 Å². The number of nitrogens with zero attached hydrogens (tertiary/aromatic N) is 1. The molecule has 2 atom stereocenters. The van der Waals surface area contributed by atoms with Crippen molar-refractivity contribution in [1.82, 2.24) is 4.31 Å². The smallest absolute Gasteiger partial charge is 0.388 e. The normalized spacial score (nSPS) is 14.4. The third kappa shape index (κ3) is 8.83. The molecule has 0 aliphatic rings. The fourth-order valence-corrected chi connectivity index (χ4v) is 9.72. The van der Waals surface area contributed by atoms with E-state index in [1.807, 2.05) is 19.9 Å². The highest BCUT2D eigenvalue weighted by atomic mass is 32.2. The van der Waals surface area contributed by atoms with E-state index < -0.39 is 30.4 Å². The second-order valence-corrected chi connectivity index (χ2v) is 16.4. The van der Waals surface area contributed by atoms with Gasteiger partial charge in [0.05, 0.1) is 17.7 Å². The van der Waals surface area contributed by atoms with E-state index in [-0.39, 0.29) is 6.04 Å². The lowest BCUT2D eigenvalue weighted by atomic mass is 10.0. The van der Waals surface area contributed by atoms with Crippen molar-refractivity contribution in [2.75, 3.05) is 0 Å². The van der Waals surface area contributed by atoms with Crippen molar-refractivity contribution in [3.05, 3.63) is 17.9 Å². The van der Waals surface area contributed by atoms with Gasteiger partial charge in [-0.1, -0.05) is 97.2 Å². The minimum Gasteiger partial charge on any atom is -0.474 e. The van der Waals surface area contributed by atoms with Gasteiger partial charge in [-0.05, 0) is 26.3 Å². The maximum absolute atomic E-state index is 13.1. The first-order chi connectivity index (χ1) is 16.1. The van der Waals surface area contributed by atoms with Crippen LogP contribution in [-0.2, 0) is 19.3 Å². The molecule has 0 amide bonds. The van der Waals surface area contributed by atoms with E-state index >= 15 is 0 Å². The molecule has 2 unspecified atom stereocenters. The van der Waals surface area contributed by atoms with Gasteiger partial charge in [0.25, 0.3) is 0 Å². The van der Waals surface area contributed by atoms with Crippen LogP contribution in [0.1, 0.15) is 118 Å². The van der Waals surface area contributed by atoms with Crippen molar-refractivity contribution in [3.8, 4) is 0 Å². The maximum Gasteiger partial charge on any atom is 0.388 e. The summed E-state index contributed by atoms with van der Waals surface area (Å²) in [7, 11) is -5.93. The van der Waals surface area contributed by atoms with Gasteiger partial charge in [0.15, 0.2) is 0 Å². The summed E-state index contributed by atoms with van der Waals surface area (Å²) >= 11 is 0. The number of rotatable bonds is 18. The molecule has 0 saturated heterocycles. The fourth-order valence-electron chi connectivity index (χ4n) is 4.96. The zero-order valence-electron chi connectivity index (χ0n) is 22.7. The zero-order valence-corrected chi connectivity index (χ0v) is 24.5. The molecule has 0 aromatic carbocycles. The van der Waals surface area contributed by atoms with Crippen molar-refractivity contribution in [2.24, 2.45) is 0 Å². The van der Waals surface area contributed by atoms with E-state index in [1.54, 1.807) is 6.26 Å². The Morgan fingerprint density at radius 1 is 0.971 bits per heavy atom. The molecule has 0 spiro atoms. The van der Waals surface area contributed by atoms with Gasteiger partial charge < -0.3 is 8.60 Å². The summed E-state index contributed by atoms with van der Waals surface area (Å²) in [6.07, 6.45) is 12.0. The Morgan fingerprint density at radius 3 is 2.00 bits per heavy atom. The van der Waals surface area contributed by atoms with Crippen LogP contribution in [0.4, 0.5) is 0 Å². The average molecular weight is 516 g/mol. The minimum absolute atomic E-state index is 0.289. The molecule has 0 aliphatic carbocycles. The molecule has 0 radical (unpaired) electrons.